The lowest BCUT2D eigenvalue weighted by molar-refractivity contribution is -0.120. The van der Waals surface area contributed by atoms with Gasteiger partial charge in [-0.25, -0.2) is 4.90 Å². The highest BCUT2D eigenvalue weighted by Crippen LogP contribution is 2.24. The number of anilines is 1. The summed E-state index contributed by atoms with van der Waals surface area (Å²) in [5.41, 5.74) is 6.32. The van der Waals surface area contributed by atoms with E-state index in [0.29, 0.717) is 30.2 Å². The Labute approximate surface area is 105 Å². The van der Waals surface area contributed by atoms with Gasteiger partial charge in [0.25, 0.3) is 11.8 Å². The van der Waals surface area contributed by atoms with Gasteiger partial charge in [0, 0.05) is 18.2 Å². The minimum Gasteiger partial charge on any atom is -0.492 e. The van der Waals surface area contributed by atoms with E-state index in [4.69, 9.17) is 10.5 Å². The summed E-state index contributed by atoms with van der Waals surface area (Å²) in [5.74, 6) is 0.0664. The van der Waals surface area contributed by atoms with Crippen molar-refractivity contribution in [3.63, 3.8) is 0 Å². The molecule has 2 amide bonds. The Morgan fingerprint density at radius 3 is 2.39 bits per heavy atom. The molecule has 2 rings (SSSR count). The molecule has 1 aliphatic rings. The molecule has 5 nitrogen and oxygen atoms in total. The lowest BCUT2D eigenvalue weighted by Gasteiger charge is -2.15. The molecule has 0 unspecified atom stereocenters. The van der Waals surface area contributed by atoms with E-state index in [0.717, 1.165) is 4.90 Å². The standard InChI is InChI=1S/C13H14N2O3/c1-9-8-12(16)15(13(9)17)10-2-4-11(5-3-10)18-7-6-14/h2-5,8H,6-7,14H2,1H3. The SMILES string of the molecule is CC1=CC(=O)N(c2ccc(OCCN)cc2)C1=O. The maximum absolute atomic E-state index is 11.8. The van der Waals surface area contributed by atoms with Gasteiger partial charge in [-0.3, -0.25) is 9.59 Å². The molecule has 0 spiro atoms. The number of imide groups is 1. The fraction of sp³-hybridized carbons (Fsp3) is 0.231. The molecular formula is C13H14N2O3. The third-order valence-corrected chi connectivity index (χ3v) is 2.58. The van der Waals surface area contributed by atoms with E-state index in [1.54, 1.807) is 31.2 Å². The average molecular weight is 246 g/mol. The summed E-state index contributed by atoms with van der Waals surface area (Å²) < 4.78 is 5.32. The second-order valence-electron chi connectivity index (χ2n) is 3.94. The molecule has 94 valence electrons. The van der Waals surface area contributed by atoms with Crippen molar-refractivity contribution < 1.29 is 14.3 Å². The second kappa shape index (κ2) is 5.01. The van der Waals surface area contributed by atoms with Gasteiger partial charge in [-0.1, -0.05) is 0 Å². The van der Waals surface area contributed by atoms with E-state index >= 15 is 0 Å². The molecule has 0 saturated heterocycles. The molecule has 1 aromatic rings. The van der Waals surface area contributed by atoms with Gasteiger partial charge < -0.3 is 10.5 Å². The summed E-state index contributed by atoms with van der Waals surface area (Å²) in [4.78, 5) is 24.5. The van der Waals surface area contributed by atoms with Crippen LogP contribution in [0, 0.1) is 0 Å². The number of ether oxygens (including phenoxy) is 1. The Bertz CT molecular complexity index is 505. The topological polar surface area (TPSA) is 72.6 Å². The van der Waals surface area contributed by atoms with E-state index < -0.39 is 0 Å². The number of rotatable bonds is 4. The van der Waals surface area contributed by atoms with Gasteiger partial charge in [0.2, 0.25) is 0 Å². The first-order valence-corrected chi connectivity index (χ1v) is 5.63. The summed E-state index contributed by atoms with van der Waals surface area (Å²) in [6.45, 7) is 2.49. The second-order valence-corrected chi connectivity index (χ2v) is 3.94. The van der Waals surface area contributed by atoms with Gasteiger partial charge in [-0.2, -0.15) is 0 Å². The summed E-state index contributed by atoms with van der Waals surface area (Å²) in [6.07, 6.45) is 1.33. The van der Waals surface area contributed by atoms with Gasteiger partial charge >= 0.3 is 0 Å². The molecule has 1 heterocycles. The molecule has 0 aromatic heterocycles. The Hall–Kier alpha value is -2.14. The van der Waals surface area contributed by atoms with E-state index in [2.05, 4.69) is 0 Å². The molecular weight excluding hydrogens is 232 g/mol. The number of hydrogen-bond donors (Lipinski definition) is 1. The molecule has 2 N–H and O–H groups in total. The van der Waals surface area contributed by atoms with Crippen LogP contribution in [0.1, 0.15) is 6.92 Å². The van der Waals surface area contributed by atoms with Gasteiger partial charge in [0.05, 0.1) is 5.69 Å². The van der Waals surface area contributed by atoms with Crippen molar-refractivity contribution in [1.82, 2.24) is 0 Å². The minimum atomic E-state index is -0.312. The van der Waals surface area contributed by atoms with Crippen molar-refractivity contribution in [2.45, 2.75) is 6.92 Å². The van der Waals surface area contributed by atoms with Gasteiger partial charge in [-0.05, 0) is 31.2 Å². The molecule has 18 heavy (non-hydrogen) atoms. The highest BCUT2D eigenvalue weighted by Gasteiger charge is 2.29. The van der Waals surface area contributed by atoms with Gasteiger partial charge in [0.1, 0.15) is 12.4 Å². The molecule has 0 aliphatic carbocycles. The zero-order chi connectivity index (χ0) is 13.1. The zero-order valence-electron chi connectivity index (χ0n) is 10.1. The van der Waals surface area contributed by atoms with Crippen molar-refractivity contribution in [1.29, 1.82) is 0 Å². The van der Waals surface area contributed by atoms with E-state index in [1.807, 2.05) is 0 Å². The predicted octanol–water partition coefficient (Wildman–Crippen LogP) is 0.844. The largest absolute Gasteiger partial charge is 0.492 e. The van der Waals surface area contributed by atoms with Crippen LogP contribution in [-0.2, 0) is 9.59 Å². The summed E-state index contributed by atoms with van der Waals surface area (Å²) in [7, 11) is 0. The Morgan fingerprint density at radius 1 is 1.22 bits per heavy atom. The quantitative estimate of drug-likeness (QED) is 0.799. The van der Waals surface area contributed by atoms with E-state index in [9.17, 15) is 9.59 Å². The smallest absolute Gasteiger partial charge is 0.261 e. The van der Waals surface area contributed by atoms with Crippen LogP contribution in [-0.4, -0.2) is 25.0 Å². The normalized spacial score (nSPS) is 15.0. The third-order valence-electron chi connectivity index (χ3n) is 2.58. The van der Waals surface area contributed by atoms with Crippen LogP contribution in [0.3, 0.4) is 0 Å². The molecule has 0 fully saturated rings. The highest BCUT2D eigenvalue weighted by molar-refractivity contribution is 6.30. The Balaban J connectivity index is 2.16. The lowest BCUT2D eigenvalue weighted by atomic mass is 10.2. The predicted molar refractivity (Wildman–Crippen MR) is 67.2 cm³/mol. The molecule has 0 bridgehead atoms. The van der Waals surface area contributed by atoms with Crippen LogP contribution in [0.2, 0.25) is 0 Å². The summed E-state index contributed by atoms with van der Waals surface area (Å²) in [6, 6.07) is 6.76. The van der Waals surface area contributed by atoms with E-state index in [1.165, 1.54) is 6.08 Å². The van der Waals surface area contributed by atoms with Crippen molar-refractivity contribution in [3.8, 4) is 5.75 Å². The molecule has 1 aliphatic heterocycles. The molecule has 5 heteroatoms. The first-order valence-electron chi connectivity index (χ1n) is 5.63. The molecule has 0 atom stereocenters. The minimum absolute atomic E-state index is 0.282. The first-order chi connectivity index (χ1) is 8.63. The Kier molecular flexibility index (Phi) is 3.43. The van der Waals surface area contributed by atoms with Crippen LogP contribution >= 0.6 is 0 Å². The Morgan fingerprint density at radius 2 is 1.89 bits per heavy atom. The van der Waals surface area contributed by atoms with Crippen molar-refractivity contribution >= 4 is 17.5 Å². The zero-order valence-corrected chi connectivity index (χ0v) is 10.1. The third kappa shape index (κ3) is 2.26. The van der Waals surface area contributed by atoms with Crippen LogP contribution < -0.4 is 15.4 Å². The summed E-state index contributed by atoms with van der Waals surface area (Å²) in [5, 5.41) is 0. The van der Waals surface area contributed by atoms with Crippen molar-refractivity contribution in [2.75, 3.05) is 18.1 Å². The molecule has 0 saturated carbocycles. The lowest BCUT2D eigenvalue weighted by Crippen LogP contribution is -2.30. The first kappa shape index (κ1) is 12.3. The average Bonchev–Trinajstić information content (AvgIpc) is 2.62. The maximum atomic E-state index is 11.8. The summed E-state index contributed by atoms with van der Waals surface area (Å²) >= 11 is 0. The number of carbonyl (C=O) groups is 2. The number of amides is 2. The van der Waals surface area contributed by atoms with Gasteiger partial charge in [0.15, 0.2) is 0 Å². The number of hydrogen-bond acceptors (Lipinski definition) is 4. The monoisotopic (exact) mass is 246 g/mol. The van der Waals surface area contributed by atoms with Crippen LogP contribution in [0.25, 0.3) is 0 Å². The molecule has 1 aromatic carbocycles. The highest BCUT2D eigenvalue weighted by atomic mass is 16.5. The van der Waals surface area contributed by atoms with Crippen molar-refractivity contribution in [3.05, 3.63) is 35.9 Å². The van der Waals surface area contributed by atoms with Gasteiger partial charge in [-0.15, -0.1) is 0 Å². The fourth-order valence-corrected chi connectivity index (χ4v) is 1.70. The number of nitrogens with zero attached hydrogens (tertiary/aromatic N) is 1. The fourth-order valence-electron chi connectivity index (χ4n) is 1.70. The number of carbonyl (C=O) groups excluding carboxylic acids is 2. The number of nitrogens with two attached hydrogens (primary N) is 1. The maximum Gasteiger partial charge on any atom is 0.261 e. The van der Waals surface area contributed by atoms with Crippen molar-refractivity contribution in [2.24, 2.45) is 5.73 Å². The molecule has 0 radical (unpaired) electrons. The van der Waals surface area contributed by atoms with Crippen LogP contribution in [0.4, 0.5) is 5.69 Å². The van der Waals surface area contributed by atoms with Crippen LogP contribution in [0.5, 0.6) is 5.75 Å². The number of benzene rings is 1. The van der Waals surface area contributed by atoms with E-state index in [-0.39, 0.29) is 11.8 Å². The van der Waals surface area contributed by atoms with Crippen LogP contribution in [0.15, 0.2) is 35.9 Å².